The van der Waals surface area contributed by atoms with Gasteiger partial charge in [-0.05, 0) is 25.2 Å². The number of hydrogen-bond acceptors (Lipinski definition) is 4. The molecule has 0 spiro atoms. The number of nitrogens with two attached hydrogens (primary N) is 1. The van der Waals surface area contributed by atoms with Crippen LogP contribution in [0.2, 0.25) is 0 Å². The highest BCUT2D eigenvalue weighted by Crippen LogP contribution is 2.33. The van der Waals surface area contributed by atoms with E-state index in [1.54, 1.807) is 11.3 Å². The maximum Gasteiger partial charge on any atom is 0.185 e. The Kier molecular flexibility index (Phi) is 3.22. The SMILES string of the molecule is CC(N)c1csc(N2CCCC(C)(C)C2)n1. The van der Waals surface area contributed by atoms with Crippen LogP contribution in [0.25, 0.3) is 0 Å². The summed E-state index contributed by atoms with van der Waals surface area (Å²) in [5.74, 6) is 0. The van der Waals surface area contributed by atoms with Crippen molar-refractivity contribution in [1.82, 2.24) is 4.98 Å². The van der Waals surface area contributed by atoms with Crippen molar-refractivity contribution in [3.8, 4) is 0 Å². The van der Waals surface area contributed by atoms with E-state index >= 15 is 0 Å². The molecule has 0 aromatic carbocycles. The molecule has 1 aromatic heterocycles. The third-order valence-corrected chi connectivity index (χ3v) is 4.07. The molecule has 2 rings (SSSR count). The first-order valence-corrected chi connectivity index (χ1v) is 6.82. The molecular formula is C12H21N3S. The molecule has 4 heteroatoms. The summed E-state index contributed by atoms with van der Waals surface area (Å²) in [6.07, 6.45) is 2.58. The quantitative estimate of drug-likeness (QED) is 0.863. The van der Waals surface area contributed by atoms with E-state index in [-0.39, 0.29) is 6.04 Å². The van der Waals surface area contributed by atoms with Crippen molar-refractivity contribution in [2.75, 3.05) is 18.0 Å². The van der Waals surface area contributed by atoms with Crippen LogP contribution in [0.15, 0.2) is 5.38 Å². The van der Waals surface area contributed by atoms with Gasteiger partial charge in [0.05, 0.1) is 5.69 Å². The van der Waals surface area contributed by atoms with Crippen molar-refractivity contribution >= 4 is 16.5 Å². The van der Waals surface area contributed by atoms with Crippen LogP contribution in [0, 0.1) is 5.41 Å². The van der Waals surface area contributed by atoms with Gasteiger partial charge in [-0.3, -0.25) is 0 Å². The fourth-order valence-corrected chi connectivity index (χ4v) is 3.17. The Balaban J connectivity index is 2.11. The Hall–Kier alpha value is -0.610. The maximum absolute atomic E-state index is 5.84. The van der Waals surface area contributed by atoms with Crippen LogP contribution in [-0.4, -0.2) is 18.1 Å². The lowest BCUT2D eigenvalue weighted by molar-refractivity contribution is 0.293. The standard InChI is InChI=1S/C12H21N3S/c1-9(13)10-7-16-11(14-10)15-6-4-5-12(2,3)8-15/h7,9H,4-6,8,13H2,1-3H3. The monoisotopic (exact) mass is 239 g/mol. The van der Waals surface area contributed by atoms with E-state index in [1.807, 2.05) is 6.92 Å². The van der Waals surface area contributed by atoms with E-state index < -0.39 is 0 Å². The zero-order valence-electron chi connectivity index (χ0n) is 10.4. The predicted molar refractivity (Wildman–Crippen MR) is 69.9 cm³/mol. The topological polar surface area (TPSA) is 42.1 Å². The van der Waals surface area contributed by atoms with Gasteiger partial charge in [-0.15, -0.1) is 11.3 Å². The molecule has 1 atom stereocenters. The fourth-order valence-electron chi connectivity index (χ4n) is 2.22. The molecule has 3 nitrogen and oxygen atoms in total. The molecule has 0 saturated carbocycles. The molecule has 0 bridgehead atoms. The summed E-state index contributed by atoms with van der Waals surface area (Å²) in [5.41, 5.74) is 7.27. The molecule has 1 saturated heterocycles. The predicted octanol–water partition coefficient (Wildman–Crippen LogP) is 2.79. The van der Waals surface area contributed by atoms with Crippen LogP contribution in [0.4, 0.5) is 5.13 Å². The minimum atomic E-state index is 0.0443. The molecule has 90 valence electrons. The lowest BCUT2D eigenvalue weighted by Gasteiger charge is -2.37. The first kappa shape index (κ1) is 11.9. The molecule has 1 fully saturated rings. The van der Waals surface area contributed by atoms with Gasteiger partial charge in [-0.2, -0.15) is 0 Å². The average molecular weight is 239 g/mol. The van der Waals surface area contributed by atoms with Crippen molar-refractivity contribution in [3.63, 3.8) is 0 Å². The van der Waals surface area contributed by atoms with Gasteiger partial charge in [-0.1, -0.05) is 13.8 Å². The van der Waals surface area contributed by atoms with Gasteiger partial charge in [0, 0.05) is 24.5 Å². The molecule has 1 unspecified atom stereocenters. The highest BCUT2D eigenvalue weighted by molar-refractivity contribution is 7.13. The molecule has 0 aliphatic carbocycles. The third-order valence-electron chi connectivity index (χ3n) is 3.15. The second kappa shape index (κ2) is 4.34. The molecule has 2 heterocycles. The third kappa shape index (κ3) is 2.55. The second-order valence-electron chi connectivity index (χ2n) is 5.53. The zero-order chi connectivity index (χ0) is 11.8. The molecule has 1 aliphatic heterocycles. The number of thiazole rings is 1. The van der Waals surface area contributed by atoms with Gasteiger partial charge in [0.1, 0.15) is 0 Å². The van der Waals surface area contributed by atoms with Crippen molar-refractivity contribution < 1.29 is 0 Å². The number of anilines is 1. The Morgan fingerprint density at radius 1 is 1.56 bits per heavy atom. The molecule has 16 heavy (non-hydrogen) atoms. The number of aromatic nitrogens is 1. The zero-order valence-corrected chi connectivity index (χ0v) is 11.2. The van der Waals surface area contributed by atoms with Gasteiger partial charge in [0.15, 0.2) is 5.13 Å². The Bertz CT molecular complexity index is 357. The molecular weight excluding hydrogens is 218 g/mol. The molecule has 1 aliphatic rings. The van der Waals surface area contributed by atoms with E-state index in [0.29, 0.717) is 5.41 Å². The molecule has 0 radical (unpaired) electrons. The van der Waals surface area contributed by atoms with Crippen molar-refractivity contribution in [2.45, 2.75) is 39.7 Å². The van der Waals surface area contributed by atoms with Crippen LogP contribution in [0.5, 0.6) is 0 Å². The van der Waals surface area contributed by atoms with E-state index in [4.69, 9.17) is 5.73 Å². The van der Waals surface area contributed by atoms with Crippen LogP contribution in [0.1, 0.15) is 45.3 Å². The normalized spacial score (nSPS) is 22.1. The Morgan fingerprint density at radius 3 is 2.88 bits per heavy atom. The number of nitrogens with zero attached hydrogens (tertiary/aromatic N) is 2. The number of rotatable bonds is 2. The first-order chi connectivity index (χ1) is 7.48. The van der Waals surface area contributed by atoms with Gasteiger partial charge in [0.25, 0.3) is 0 Å². The summed E-state index contributed by atoms with van der Waals surface area (Å²) in [6, 6.07) is 0.0443. The largest absolute Gasteiger partial charge is 0.348 e. The summed E-state index contributed by atoms with van der Waals surface area (Å²) in [4.78, 5) is 7.02. The first-order valence-electron chi connectivity index (χ1n) is 5.94. The van der Waals surface area contributed by atoms with E-state index in [9.17, 15) is 0 Å². The average Bonchev–Trinajstić information content (AvgIpc) is 2.64. The van der Waals surface area contributed by atoms with Gasteiger partial charge >= 0.3 is 0 Å². The van der Waals surface area contributed by atoms with Gasteiger partial charge in [-0.25, -0.2) is 4.98 Å². The van der Waals surface area contributed by atoms with E-state index in [1.165, 1.54) is 12.8 Å². The Morgan fingerprint density at radius 2 is 2.31 bits per heavy atom. The lowest BCUT2D eigenvalue weighted by Crippen LogP contribution is -2.40. The van der Waals surface area contributed by atoms with Crippen molar-refractivity contribution in [3.05, 3.63) is 11.1 Å². The van der Waals surface area contributed by atoms with Crippen LogP contribution >= 0.6 is 11.3 Å². The fraction of sp³-hybridized carbons (Fsp3) is 0.750. The van der Waals surface area contributed by atoms with Gasteiger partial charge < -0.3 is 10.6 Å². The van der Waals surface area contributed by atoms with Crippen molar-refractivity contribution in [1.29, 1.82) is 0 Å². The highest BCUT2D eigenvalue weighted by Gasteiger charge is 2.27. The van der Waals surface area contributed by atoms with Crippen LogP contribution < -0.4 is 10.6 Å². The summed E-state index contributed by atoms with van der Waals surface area (Å²) >= 11 is 1.72. The van der Waals surface area contributed by atoms with Crippen LogP contribution in [-0.2, 0) is 0 Å². The summed E-state index contributed by atoms with van der Waals surface area (Å²) in [7, 11) is 0. The summed E-state index contributed by atoms with van der Waals surface area (Å²) in [5, 5.41) is 3.22. The van der Waals surface area contributed by atoms with Gasteiger partial charge in [0.2, 0.25) is 0 Å². The summed E-state index contributed by atoms with van der Waals surface area (Å²) in [6.45, 7) is 8.89. The van der Waals surface area contributed by atoms with E-state index in [2.05, 4.69) is 29.1 Å². The van der Waals surface area contributed by atoms with E-state index in [0.717, 1.165) is 23.9 Å². The Labute approximate surface area is 102 Å². The van der Waals surface area contributed by atoms with Crippen LogP contribution in [0.3, 0.4) is 0 Å². The lowest BCUT2D eigenvalue weighted by atomic mass is 9.84. The molecule has 2 N–H and O–H groups in total. The number of piperidine rings is 1. The minimum absolute atomic E-state index is 0.0443. The minimum Gasteiger partial charge on any atom is -0.348 e. The molecule has 0 amide bonds. The summed E-state index contributed by atoms with van der Waals surface area (Å²) < 4.78 is 0. The van der Waals surface area contributed by atoms with Crippen molar-refractivity contribution in [2.24, 2.45) is 11.1 Å². The molecule has 1 aromatic rings. The number of hydrogen-bond donors (Lipinski definition) is 1. The maximum atomic E-state index is 5.84. The smallest absolute Gasteiger partial charge is 0.185 e. The highest BCUT2D eigenvalue weighted by atomic mass is 32.1. The second-order valence-corrected chi connectivity index (χ2v) is 6.37.